The molecule has 0 aliphatic rings. The van der Waals surface area contributed by atoms with E-state index in [1.165, 1.54) is 0 Å². The standard InChI is InChI=1S/C8H15F3O2/c1-2-5-13-6-7(12)3-4-8(9,10)11/h7,12H,2-6H2,1H3. The molecule has 0 bridgehead atoms. The van der Waals surface area contributed by atoms with Gasteiger partial charge in [-0.15, -0.1) is 0 Å². The molecule has 0 aliphatic carbocycles. The van der Waals surface area contributed by atoms with Crippen LogP contribution in [0.2, 0.25) is 0 Å². The van der Waals surface area contributed by atoms with E-state index in [1.54, 1.807) is 0 Å². The summed E-state index contributed by atoms with van der Waals surface area (Å²) >= 11 is 0. The van der Waals surface area contributed by atoms with Crippen molar-refractivity contribution in [3.8, 4) is 0 Å². The quantitative estimate of drug-likeness (QED) is 0.665. The van der Waals surface area contributed by atoms with E-state index in [0.717, 1.165) is 6.42 Å². The molecule has 0 spiro atoms. The predicted octanol–water partition coefficient (Wildman–Crippen LogP) is 2.12. The number of rotatable bonds is 6. The average molecular weight is 200 g/mol. The molecule has 0 aliphatic heterocycles. The van der Waals surface area contributed by atoms with Crippen LogP contribution in [0.1, 0.15) is 26.2 Å². The summed E-state index contributed by atoms with van der Waals surface area (Å²) in [7, 11) is 0. The van der Waals surface area contributed by atoms with Crippen molar-refractivity contribution in [3.63, 3.8) is 0 Å². The third-order valence-electron chi connectivity index (χ3n) is 1.42. The number of hydrogen-bond donors (Lipinski definition) is 1. The van der Waals surface area contributed by atoms with Gasteiger partial charge in [0.25, 0.3) is 0 Å². The minimum atomic E-state index is -4.19. The molecule has 2 nitrogen and oxygen atoms in total. The number of hydrogen-bond acceptors (Lipinski definition) is 2. The average Bonchev–Trinajstić information content (AvgIpc) is 2.00. The molecule has 1 N–H and O–H groups in total. The Labute approximate surface area is 75.7 Å². The maximum absolute atomic E-state index is 11.7. The van der Waals surface area contributed by atoms with Crippen LogP contribution in [0.15, 0.2) is 0 Å². The fraction of sp³-hybridized carbons (Fsp3) is 1.00. The van der Waals surface area contributed by atoms with Gasteiger partial charge in [-0.05, 0) is 12.8 Å². The molecule has 0 aromatic rings. The number of ether oxygens (including phenoxy) is 1. The lowest BCUT2D eigenvalue weighted by Crippen LogP contribution is -2.19. The van der Waals surface area contributed by atoms with Crippen molar-refractivity contribution >= 4 is 0 Å². The number of halogens is 3. The lowest BCUT2D eigenvalue weighted by Gasteiger charge is -2.12. The molecule has 80 valence electrons. The molecule has 0 aromatic carbocycles. The minimum absolute atomic E-state index is 0.0100. The zero-order valence-corrected chi connectivity index (χ0v) is 7.60. The van der Waals surface area contributed by atoms with Crippen molar-refractivity contribution < 1.29 is 23.0 Å². The summed E-state index contributed by atoms with van der Waals surface area (Å²) in [6.07, 6.45) is -5.64. The van der Waals surface area contributed by atoms with E-state index in [4.69, 9.17) is 9.84 Å². The Kier molecular flexibility index (Phi) is 6.07. The van der Waals surface area contributed by atoms with Crippen LogP contribution in [-0.2, 0) is 4.74 Å². The second kappa shape index (κ2) is 6.21. The Morgan fingerprint density at radius 2 is 2.00 bits per heavy atom. The first kappa shape index (κ1) is 12.7. The molecule has 5 heteroatoms. The minimum Gasteiger partial charge on any atom is -0.391 e. The summed E-state index contributed by atoms with van der Waals surface area (Å²) < 4.78 is 39.8. The fourth-order valence-corrected chi connectivity index (χ4v) is 0.777. The van der Waals surface area contributed by atoms with E-state index in [1.807, 2.05) is 6.92 Å². The van der Waals surface area contributed by atoms with Crippen molar-refractivity contribution in [1.82, 2.24) is 0 Å². The summed E-state index contributed by atoms with van der Waals surface area (Å²) in [4.78, 5) is 0. The molecule has 0 rings (SSSR count). The number of aliphatic hydroxyl groups excluding tert-OH is 1. The van der Waals surface area contributed by atoms with E-state index in [9.17, 15) is 13.2 Å². The van der Waals surface area contributed by atoms with Gasteiger partial charge in [0, 0.05) is 13.0 Å². The molecule has 13 heavy (non-hydrogen) atoms. The molecule has 0 amide bonds. The number of alkyl halides is 3. The van der Waals surface area contributed by atoms with Crippen LogP contribution >= 0.6 is 0 Å². The molecular weight excluding hydrogens is 185 g/mol. The summed E-state index contributed by atoms with van der Waals surface area (Å²) in [5.74, 6) is 0. The van der Waals surface area contributed by atoms with Gasteiger partial charge in [-0.2, -0.15) is 13.2 Å². The van der Waals surface area contributed by atoms with E-state index in [0.29, 0.717) is 6.61 Å². The Hall–Kier alpha value is -0.290. The number of aliphatic hydroxyl groups is 1. The topological polar surface area (TPSA) is 29.5 Å². The SMILES string of the molecule is CCCOCC(O)CCC(F)(F)F. The zero-order chi connectivity index (χ0) is 10.3. The Morgan fingerprint density at radius 3 is 2.46 bits per heavy atom. The molecular formula is C8H15F3O2. The zero-order valence-electron chi connectivity index (χ0n) is 7.60. The van der Waals surface area contributed by atoms with Crippen LogP contribution in [0, 0.1) is 0 Å². The molecule has 0 fully saturated rings. The summed E-state index contributed by atoms with van der Waals surface area (Å²) in [5.41, 5.74) is 0. The van der Waals surface area contributed by atoms with Gasteiger partial charge in [0.05, 0.1) is 12.7 Å². The van der Waals surface area contributed by atoms with Gasteiger partial charge < -0.3 is 9.84 Å². The van der Waals surface area contributed by atoms with Gasteiger partial charge in [0.2, 0.25) is 0 Å². The monoisotopic (exact) mass is 200 g/mol. The van der Waals surface area contributed by atoms with Crippen LogP contribution in [-0.4, -0.2) is 30.6 Å². The first-order valence-electron chi connectivity index (χ1n) is 4.28. The Bertz CT molecular complexity index is 125. The van der Waals surface area contributed by atoms with Gasteiger partial charge in [-0.25, -0.2) is 0 Å². The van der Waals surface area contributed by atoms with Crippen molar-refractivity contribution in [2.45, 2.75) is 38.5 Å². The van der Waals surface area contributed by atoms with Gasteiger partial charge in [-0.1, -0.05) is 6.92 Å². The van der Waals surface area contributed by atoms with Crippen LogP contribution < -0.4 is 0 Å². The van der Waals surface area contributed by atoms with Gasteiger partial charge in [-0.3, -0.25) is 0 Å². The molecule has 0 aromatic heterocycles. The van der Waals surface area contributed by atoms with Crippen molar-refractivity contribution in [2.24, 2.45) is 0 Å². The highest BCUT2D eigenvalue weighted by molar-refractivity contribution is 4.58. The second-order valence-electron chi connectivity index (χ2n) is 2.88. The lowest BCUT2D eigenvalue weighted by molar-refractivity contribution is -0.141. The van der Waals surface area contributed by atoms with Crippen molar-refractivity contribution in [1.29, 1.82) is 0 Å². The molecule has 0 radical (unpaired) electrons. The maximum Gasteiger partial charge on any atom is 0.389 e. The largest absolute Gasteiger partial charge is 0.391 e. The van der Waals surface area contributed by atoms with E-state index < -0.39 is 18.7 Å². The molecule has 1 atom stereocenters. The third kappa shape index (κ3) is 9.63. The maximum atomic E-state index is 11.7. The molecule has 0 saturated carbocycles. The molecule has 0 saturated heterocycles. The highest BCUT2D eigenvalue weighted by atomic mass is 19.4. The van der Waals surface area contributed by atoms with Crippen LogP contribution in [0.25, 0.3) is 0 Å². The molecule has 0 heterocycles. The second-order valence-corrected chi connectivity index (χ2v) is 2.88. The summed E-state index contributed by atoms with van der Waals surface area (Å²) in [6, 6.07) is 0. The smallest absolute Gasteiger partial charge is 0.389 e. The lowest BCUT2D eigenvalue weighted by atomic mass is 10.2. The summed E-state index contributed by atoms with van der Waals surface area (Å²) in [6.45, 7) is 2.36. The Morgan fingerprint density at radius 1 is 1.38 bits per heavy atom. The first-order chi connectivity index (χ1) is 5.95. The Balaban J connectivity index is 3.35. The summed E-state index contributed by atoms with van der Waals surface area (Å²) in [5, 5.41) is 9.01. The third-order valence-corrected chi connectivity index (χ3v) is 1.42. The van der Waals surface area contributed by atoms with Gasteiger partial charge in [0.15, 0.2) is 0 Å². The van der Waals surface area contributed by atoms with Gasteiger partial charge in [0.1, 0.15) is 0 Å². The van der Waals surface area contributed by atoms with E-state index in [-0.39, 0.29) is 13.0 Å². The normalized spacial score (nSPS) is 14.5. The fourth-order valence-electron chi connectivity index (χ4n) is 0.777. The van der Waals surface area contributed by atoms with Gasteiger partial charge >= 0.3 is 6.18 Å². The van der Waals surface area contributed by atoms with Crippen LogP contribution in [0.5, 0.6) is 0 Å². The van der Waals surface area contributed by atoms with Crippen LogP contribution in [0.4, 0.5) is 13.2 Å². The first-order valence-corrected chi connectivity index (χ1v) is 4.28. The van der Waals surface area contributed by atoms with Crippen molar-refractivity contribution in [2.75, 3.05) is 13.2 Å². The van der Waals surface area contributed by atoms with E-state index in [2.05, 4.69) is 0 Å². The van der Waals surface area contributed by atoms with Crippen LogP contribution in [0.3, 0.4) is 0 Å². The molecule has 1 unspecified atom stereocenters. The highest BCUT2D eigenvalue weighted by Crippen LogP contribution is 2.22. The predicted molar refractivity (Wildman–Crippen MR) is 42.4 cm³/mol. The van der Waals surface area contributed by atoms with Crippen molar-refractivity contribution in [3.05, 3.63) is 0 Å². The highest BCUT2D eigenvalue weighted by Gasteiger charge is 2.27. The van der Waals surface area contributed by atoms with E-state index >= 15 is 0 Å².